The quantitative estimate of drug-likeness (QED) is 0.792. The number of amides is 1. The lowest BCUT2D eigenvalue weighted by Gasteiger charge is -2.23. The highest BCUT2D eigenvalue weighted by Gasteiger charge is 2.19. The molecule has 7 heteroatoms. The van der Waals surface area contributed by atoms with Crippen molar-refractivity contribution in [1.29, 1.82) is 0 Å². The average molecular weight is 312 g/mol. The van der Waals surface area contributed by atoms with Crippen molar-refractivity contribution >= 4 is 25.8 Å². The molecule has 1 atom stereocenters. The van der Waals surface area contributed by atoms with Crippen LogP contribution in [0.25, 0.3) is 0 Å². The molecule has 112 valence electrons. The molecule has 0 aromatic carbocycles. The van der Waals surface area contributed by atoms with Crippen molar-refractivity contribution in [1.82, 2.24) is 5.32 Å². The summed E-state index contributed by atoms with van der Waals surface area (Å²) in [6.07, 6.45) is 1.35. The summed E-state index contributed by atoms with van der Waals surface area (Å²) < 4.78 is 26.9. The highest BCUT2D eigenvalue weighted by atomic mass is 35.7. The van der Waals surface area contributed by atoms with Crippen molar-refractivity contribution in [3.8, 4) is 0 Å². The highest BCUT2D eigenvalue weighted by molar-refractivity contribution is 8.16. The maximum atomic E-state index is 11.6. The zero-order chi connectivity index (χ0) is 15.3. The standard InChI is InChI=1S/C12H22ClNO4S/c1-9(2)8-10(6-7-19(13,16)17)14-11(15)18-12(3,4)5/h6-7,9-10H,8H2,1-5H3,(H,14,15)/b7-6+. The summed E-state index contributed by atoms with van der Waals surface area (Å²) in [6, 6.07) is -0.441. The van der Waals surface area contributed by atoms with E-state index in [0.29, 0.717) is 6.42 Å². The van der Waals surface area contributed by atoms with E-state index < -0.39 is 26.8 Å². The van der Waals surface area contributed by atoms with Gasteiger partial charge in [-0.05, 0) is 39.2 Å². The maximum Gasteiger partial charge on any atom is 0.408 e. The Kier molecular flexibility index (Phi) is 6.86. The molecule has 1 amide bonds. The van der Waals surface area contributed by atoms with Crippen LogP contribution in [0.5, 0.6) is 0 Å². The van der Waals surface area contributed by atoms with Crippen molar-refractivity contribution in [3.63, 3.8) is 0 Å². The second-order valence-corrected chi connectivity index (χ2v) is 8.20. The molecule has 0 saturated carbocycles. The van der Waals surface area contributed by atoms with E-state index in [1.165, 1.54) is 6.08 Å². The van der Waals surface area contributed by atoms with E-state index in [9.17, 15) is 13.2 Å². The van der Waals surface area contributed by atoms with Gasteiger partial charge in [-0.25, -0.2) is 13.2 Å². The molecule has 5 nitrogen and oxygen atoms in total. The summed E-state index contributed by atoms with van der Waals surface area (Å²) in [5, 5.41) is 3.48. The van der Waals surface area contributed by atoms with Gasteiger partial charge in [-0.3, -0.25) is 0 Å². The maximum absolute atomic E-state index is 11.6. The number of halogens is 1. The molecule has 0 spiro atoms. The second kappa shape index (κ2) is 7.14. The van der Waals surface area contributed by atoms with Crippen LogP contribution < -0.4 is 5.32 Å². The fourth-order valence-electron chi connectivity index (χ4n) is 1.34. The molecule has 0 bridgehead atoms. The van der Waals surface area contributed by atoms with Crippen LogP contribution in [-0.2, 0) is 13.8 Å². The van der Waals surface area contributed by atoms with Gasteiger partial charge in [0.1, 0.15) is 5.60 Å². The topological polar surface area (TPSA) is 72.5 Å². The number of hydrogen-bond donors (Lipinski definition) is 1. The third kappa shape index (κ3) is 12.0. The number of rotatable bonds is 5. The first-order chi connectivity index (χ1) is 8.39. The molecule has 19 heavy (non-hydrogen) atoms. The Morgan fingerprint density at radius 1 is 1.37 bits per heavy atom. The molecule has 0 heterocycles. The Morgan fingerprint density at radius 3 is 2.26 bits per heavy atom. The fourth-order valence-corrected chi connectivity index (χ4v) is 1.90. The van der Waals surface area contributed by atoms with Crippen LogP contribution in [-0.4, -0.2) is 26.2 Å². The third-order valence-corrected chi connectivity index (χ3v) is 2.69. The monoisotopic (exact) mass is 311 g/mol. The van der Waals surface area contributed by atoms with Crippen molar-refractivity contribution < 1.29 is 17.9 Å². The lowest BCUT2D eigenvalue weighted by Crippen LogP contribution is -2.38. The van der Waals surface area contributed by atoms with Gasteiger partial charge in [-0.2, -0.15) is 0 Å². The summed E-state index contributed by atoms with van der Waals surface area (Å²) in [4.78, 5) is 11.6. The molecule has 0 aromatic rings. The highest BCUT2D eigenvalue weighted by Crippen LogP contribution is 2.11. The van der Waals surface area contributed by atoms with Gasteiger partial charge < -0.3 is 10.1 Å². The average Bonchev–Trinajstić information content (AvgIpc) is 2.08. The molecule has 0 aliphatic heterocycles. The van der Waals surface area contributed by atoms with Gasteiger partial charge in [0.05, 0.1) is 6.04 Å². The number of nitrogens with one attached hydrogen (secondary N) is 1. The summed E-state index contributed by atoms with van der Waals surface area (Å²) in [7, 11) is 1.37. The van der Waals surface area contributed by atoms with Gasteiger partial charge in [0, 0.05) is 16.1 Å². The smallest absolute Gasteiger partial charge is 0.408 e. The number of hydrogen-bond acceptors (Lipinski definition) is 4. The largest absolute Gasteiger partial charge is 0.444 e. The zero-order valence-electron chi connectivity index (χ0n) is 11.9. The van der Waals surface area contributed by atoms with Gasteiger partial charge >= 0.3 is 6.09 Å². The van der Waals surface area contributed by atoms with Gasteiger partial charge in [0.15, 0.2) is 0 Å². The molecular weight excluding hydrogens is 290 g/mol. The first kappa shape index (κ1) is 18.2. The minimum absolute atomic E-state index is 0.280. The number of alkyl carbamates (subject to hydrolysis) is 1. The molecule has 0 aromatic heterocycles. The fraction of sp³-hybridized carbons (Fsp3) is 0.750. The molecule has 0 saturated heterocycles. The summed E-state index contributed by atoms with van der Waals surface area (Å²) in [5.74, 6) is 0.280. The normalized spacial score (nSPS) is 14.7. The van der Waals surface area contributed by atoms with E-state index >= 15 is 0 Å². The van der Waals surface area contributed by atoms with E-state index in [1.54, 1.807) is 20.8 Å². The predicted molar refractivity (Wildman–Crippen MR) is 76.5 cm³/mol. The van der Waals surface area contributed by atoms with Crippen LogP contribution in [0.3, 0.4) is 0 Å². The predicted octanol–water partition coefficient (Wildman–Crippen LogP) is 3.01. The van der Waals surface area contributed by atoms with Gasteiger partial charge in [-0.1, -0.05) is 13.8 Å². The van der Waals surface area contributed by atoms with Crippen LogP contribution >= 0.6 is 10.7 Å². The third-order valence-electron chi connectivity index (χ3n) is 1.90. The molecule has 1 N–H and O–H groups in total. The zero-order valence-corrected chi connectivity index (χ0v) is 13.5. The molecule has 0 aliphatic rings. The van der Waals surface area contributed by atoms with Crippen LogP contribution in [0.2, 0.25) is 0 Å². The van der Waals surface area contributed by atoms with Gasteiger partial charge in [0.25, 0.3) is 9.05 Å². The van der Waals surface area contributed by atoms with E-state index in [2.05, 4.69) is 5.32 Å². The van der Waals surface area contributed by atoms with E-state index in [0.717, 1.165) is 5.41 Å². The number of carbonyl (C=O) groups is 1. The summed E-state index contributed by atoms with van der Waals surface area (Å²) >= 11 is 0. The van der Waals surface area contributed by atoms with Crippen molar-refractivity contribution in [2.45, 2.75) is 52.7 Å². The molecule has 1 unspecified atom stereocenters. The Balaban J connectivity index is 4.69. The summed E-state index contributed by atoms with van der Waals surface area (Å²) in [5.41, 5.74) is -0.602. The van der Waals surface area contributed by atoms with Crippen LogP contribution in [0, 0.1) is 5.92 Å². The molecule has 0 fully saturated rings. The second-order valence-electron chi connectivity index (χ2n) is 5.69. The van der Waals surface area contributed by atoms with Crippen LogP contribution in [0.15, 0.2) is 11.5 Å². The van der Waals surface area contributed by atoms with Gasteiger partial charge in [0.2, 0.25) is 0 Å². The number of ether oxygens (including phenoxy) is 1. The lowest BCUT2D eigenvalue weighted by molar-refractivity contribution is 0.0510. The Hall–Kier alpha value is -0.750. The molecular formula is C12H22ClNO4S. The van der Waals surface area contributed by atoms with Crippen molar-refractivity contribution in [3.05, 3.63) is 11.5 Å². The minimum atomic E-state index is -3.73. The number of carbonyl (C=O) groups excluding carboxylic acids is 1. The Bertz CT molecular complexity index is 424. The van der Waals surface area contributed by atoms with Crippen molar-refractivity contribution in [2.24, 2.45) is 5.92 Å². The minimum Gasteiger partial charge on any atom is -0.444 e. The first-order valence-corrected chi connectivity index (χ1v) is 8.38. The van der Waals surface area contributed by atoms with Crippen molar-refractivity contribution in [2.75, 3.05) is 0 Å². The van der Waals surface area contributed by atoms with Crippen LogP contribution in [0.1, 0.15) is 41.0 Å². The molecule has 0 radical (unpaired) electrons. The SMILES string of the molecule is CC(C)CC(/C=C/S(=O)(=O)Cl)NC(=O)OC(C)(C)C. The van der Waals surface area contributed by atoms with Crippen LogP contribution in [0.4, 0.5) is 4.79 Å². The Morgan fingerprint density at radius 2 is 1.89 bits per heavy atom. The van der Waals surface area contributed by atoms with E-state index in [4.69, 9.17) is 15.4 Å². The van der Waals surface area contributed by atoms with Gasteiger partial charge in [-0.15, -0.1) is 0 Å². The first-order valence-electron chi connectivity index (χ1n) is 6.01. The summed E-state index contributed by atoms with van der Waals surface area (Å²) in [6.45, 7) is 9.19. The lowest BCUT2D eigenvalue weighted by atomic mass is 10.0. The van der Waals surface area contributed by atoms with E-state index in [-0.39, 0.29) is 5.92 Å². The van der Waals surface area contributed by atoms with E-state index in [1.807, 2.05) is 13.8 Å². The Labute approximate surface area is 119 Å². The molecule has 0 aliphatic carbocycles. The molecule has 0 rings (SSSR count).